The Kier molecular flexibility index (Phi) is 9.15. The minimum atomic E-state index is -1.13. The topological polar surface area (TPSA) is 163 Å². The van der Waals surface area contributed by atoms with Gasteiger partial charge in [0.1, 0.15) is 22.9 Å². The summed E-state index contributed by atoms with van der Waals surface area (Å²) in [6.07, 6.45) is -0.456. The number of carbonyl (C=O) groups is 2. The summed E-state index contributed by atoms with van der Waals surface area (Å²) in [4.78, 5) is 25.2. The maximum Gasteiger partial charge on any atom is 0.404 e. The quantitative estimate of drug-likeness (QED) is 0.253. The lowest BCUT2D eigenvalue weighted by Crippen LogP contribution is -2.33. The monoisotopic (exact) mass is 412 g/mol. The molecule has 0 saturated heterocycles. The van der Waals surface area contributed by atoms with Crippen molar-refractivity contribution in [3.8, 4) is 5.75 Å². The van der Waals surface area contributed by atoms with Crippen LogP contribution in [-0.2, 0) is 0 Å². The lowest BCUT2D eigenvalue weighted by molar-refractivity contribution is 0.0953. The Morgan fingerprint density at radius 3 is 2.17 bits per heavy atom. The molecule has 2 rings (SSSR count). The molecule has 2 aromatic carbocycles. The Morgan fingerprint density at radius 1 is 0.967 bits per heavy atom. The van der Waals surface area contributed by atoms with E-state index in [9.17, 15) is 9.59 Å². The van der Waals surface area contributed by atoms with Crippen LogP contribution in [-0.4, -0.2) is 43.3 Å². The van der Waals surface area contributed by atoms with E-state index >= 15 is 0 Å². The number of carbonyl (C=O) groups excluding carboxylic acids is 1. The number of nitrogens with zero attached hydrogens (tertiary/aromatic N) is 4. The van der Waals surface area contributed by atoms with Crippen LogP contribution in [0.1, 0.15) is 16.8 Å². The molecule has 0 heterocycles. The highest BCUT2D eigenvalue weighted by Crippen LogP contribution is 2.21. The van der Waals surface area contributed by atoms with Gasteiger partial charge in [0.25, 0.3) is 5.91 Å². The second-order valence-corrected chi connectivity index (χ2v) is 5.90. The lowest BCUT2D eigenvalue weighted by Gasteiger charge is -2.05. The van der Waals surface area contributed by atoms with Gasteiger partial charge < -0.3 is 20.5 Å². The Hall–Kier alpha value is -4.11. The SMILES string of the molecule is N=[N+]=NCCCOc1ccc(N=Nc2ccc(C(=O)NCCNC(=O)O)cc2)cc1. The molecule has 11 heteroatoms. The largest absolute Gasteiger partial charge is 0.494 e. The molecule has 0 radical (unpaired) electrons. The molecule has 0 fully saturated rings. The zero-order chi connectivity index (χ0) is 21.6. The van der Waals surface area contributed by atoms with E-state index in [0.29, 0.717) is 42.3 Å². The fourth-order valence-corrected chi connectivity index (χ4v) is 2.23. The molecule has 0 saturated carbocycles. The second-order valence-electron chi connectivity index (χ2n) is 5.90. The number of azo groups is 1. The summed E-state index contributed by atoms with van der Waals surface area (Å²) in [7, 11) is 0. The van der Waals surface area contributed by atoms with Crippen molar-refractivity contribution < 1.29 is 19.4 Å². The third-order valence-electron chi connectivity index (χ3n) is 3.68. The summed E-state index contributed by atoms with van der Waals surface area (Å²) in [5.74, 6) is 0.398. The zero-order valence-electron chi connectivity index (χ0n) is 16.1. The highest BCUT2D eigenvalue weighted by molar-refractivity contribution is 5.94. The standard InChI is InChI=1S/C19H21N7O4/c20-26-23-10-1-13-30-17-8-6-16(7-9-17)25-24-15-4-2-14(3-5-15)18(27)21-11-12-22-19(28)29/h2-9,20,22H,1,10-13H2,(H-,21,27,28,29)/p+1. The first-order valence-corrected chi connectivity index (χ1v) is 9.11. The number of carboxylic acid groups (broad SMARTS) is 1. The summed E-state index contributed by atoms with van der Waals surface area (Å²) in [5.41, 5.74) is 8.24. The second kappa shape index (κ2) is 12.4. The van der Waals surface area contributed by atoms with Crippen LogP contribution >= 0.6 is 0 Å². The fourth-order valence-electron chi connectivity index (χ4n) is 2.23. The van der Waals surface area contributed by atoms with Crippen LogP contribution in [0.25, 0.3) is 0 Å². The molecule has 0 aliphatic heterocycles. The Bertz CT molecular complexity index is 907. The van der Waals surface area contributed by atoms with Crippen molar-refractivity contribution in [3.63, 3.8) is 0 Å². The summed E-state index contributed by atoms with van der Waals surface area (Å²) >= 11 is 0. The molecule has 11 nitrogen and oxygen atoms in total. The van der Waals surface area contributed by atoms with Crippen molar-refractivity contribution in [1.82, 2.24) is 15.5 Å². The van der Waals surface area contributed by atoms with Gasteiger partial charge >= 0.3 is 6.09 Å². The zero-order valence-corrected chi connectivity index (χ0v) is 16.1. The molecule has 2 aromatic rings. The van der Waals surface area contributed by atoms with Gasteiger partial charge in [-0.2, -0.15) is 10.2 Å². The highest BCUT2D eigenvalue weighted by atomic mass is 16.5. The molecule has 0 aromatic heterocycles. The first-order chi connectivity index (χ1) is 14.6. The van der Waals surface area contributed by atoms with Crippen LogP contribution in [0.15, 0.2) is 63.9 Å². The number of ether oxygens (including phenoxy) is 1. The number of hydrogen-bond donors (Lipinski definition) is 4. The summed E-state index contributed by atoms with van der Waals surface area (Å²) in [5, 5.41) is 25.1. The van der Waals surface area contributed by atoms with Crippen LogP contribution in [0.2, 0.25) is 0 Å². The van der Waals surface area contributed by atoms with Crippen molar-refractivity contribution >= 4 is 23.4 Å². The van der Waals surface area contributed by atoms with Crippen LogP contribution in [0, 0.1) is 5.53 Å². The minimum absolute atomic E-state index is 0.134. The molecule has 0 atom stereocenters. The van der Waals surface area contributed by atoms with Gasteiger partial charge in [-0.1, -0.05) is 0 Å². The van der Waals surface area contributed by atoms with E-state index in [-0.39, 0.29) is 19.0 Å². The maximum absolute atomic E-state index is 12.0. The fraction of sp³-hybridized carbons (Fsp3) is 0.263. The number of nitrogens with one attached hydrogen (secondary N) is 3. The summed E-state index contributed by atoms with van der Waals surface area (Å²) in [6.45, 7) is 1.27. The number of amides is 2. The molecule has 0 aliphatic rings. The van der Waals surface area contributed by atoms with Gasteiger partial charge in [-0.25, -0.2) is 4.79 Å². The Labute approximate surface area is 172 Å². The third-order valence-corrected chi connectivity index (χ3v) is 3.68. The number of benzene rings is 2. The van der Waals surface area contributed by atoms with E-state index in [1.807, 2.05) is 0 Å². The van der Waals surface area contributed by atoms with Crippen molar-refractivity contribution in [1.29, 1.82) is 5.53 Å². The Morgan fingerprint density at radius 2 is 1.57 bits per heavy atom. The van der Waals surface area contributed by atoms with Crippen molar-refractivity contribution in [2.24, 2.45) is 15.3 Å². The molecule has 0 aliphatic carbocycles. The molecule has 30 heavy (non-hydrogen) atoms. The molecule has 0 bridgehead atoms. The molecule has 2 amide bonds. The van der Waals surface area contributed by atoms with Gasteiger partial charge in [0.05, 0.1) is 18.0 Å². The molecule has 0 spiro atoms. The minimum Gasteiger partial charge on any atom is -0.494 e. The van der Waals surface area contributed by atoms with E-state index < -0.39 is 6.09 Å². The van der Waals surface area contributed by atoms with Gasteiger partial charge in [0.15, 0.2) is 0 Å². The summed E-state index contributed by atoms with van der Waals surface area (Å²) < 4.78 is 5.55. The molecular formula is C19H22N7O4+. The molecule has 156 valence electrons. The maximum atomic E-state index is 12.0. The molecule has 0 unspecified atom stereocenters. The number of rotatable bonds is 11. The highest BCUT2D eigenvalue weighted by Gasteiger charge is 2.05. The summed E-state index contributed by atoms with van der Waals surface area (Å²) in [6, 6.07) is 13.7. The van der Waals surface area contributed by atoms with Gasteiger partial charge in [-0.3, -0.25) is 4.79 Å². The Balaban J connectivity index is 1.81. The number of hydrogen-bond acceptors (Lipinski definition) is 7. The smallest absolute Gasteiger partial charge is 0.404 e. The predicted octanol–water partition coefficient (Wildman–Crippen LogP) is 3.42. The van der Waals surface area contributed by atoms with Crippen LogP contribution in [0.4, 0.5) is 16.2 Å². The van der Waals surface area contributed by atoms with Gasteiger partial charge in [0.2, 0.25) is 4.91 Å². The van der Waals surface area contributed by atoms with E-state index in [0.717, 1.165) is 0 Å². The van der Waals surface area contributed by atoms with Crippen molar-refractivity contribution in [2.45, 2.75) is 6.42 Å². The van der Waals surface area contributed by atoms with Crippen LogP contribution in [0.5, 0.6) is 5.75 Å². The third kappa shape index (κ3) is 8.28. The van der Waals surface area contributed by atoms with Crippen molar-refractivity contribution in [2.75, 3.05) is 26.2 Å². The average molecular weight is 412 g/mol. The van der Waals surface area contributed by atoms with E-state index in [4.69, 9.17) is 15.4 Å². The van der Waals surface area contributed by atoms with E-state index in [1.54, 1.807) is 48.5 Å². The lowest BCUT2D eigenvalue weighted by atomic mass is 10.2. The first-order valence-electron chi connectivity index (χ1n) is 9.11. The van der Waals surface area contributed by atoms with Crippen molar-refractivity contribution in [3.05, 3.63) is 54.1 Å². The van der Waals surface area contributed by atoms with E-state index in [1.165, 1.54) is 0 Å². The molecule has 4 N–H and O–H groups in total. The van der Waals surface area contributed by atoms with E-state index in [2.05, 4.69) is 30.9 Å². The predicted molar refractivity (Wildman–Crippen MR) is 108 cm³/mol. The van der Waals surface area contributed by atoms with Gasteiger partial charge in [-0.15, -0.1) is 0 Å². The van der Waals surface area contributed by atoms with Crippen LogP contribution < -0.4 is 20.3 Å². The van der Waals surface area contributed by atoms with Gasteiger partial charge in [-0.05, 0) is 48.5 Å². The van der Waals surface area contributed by atoms with Crippen LogP contribution in [0.3, 0.4) is 0 Å². The van der Waals surface area contributed by atoms with Gasteiger partial charge in [0, 0.05) is 25.1 Å². The average Bonchev–Trinajstić information content (AvgIpc) is 2.76. The first kappa shape index (κ1) is 22.2. The molecular weight excluding hydrogens is 390 g/mol. The normalized spacial score (nSPS) is 10.3.